The number of hydrazine groups is 1. The van der Waals surface area contributed by atoms with Crippen molar-refractivity contribution in [1.29, 1.82) is 0 Å². The number of hydrogen-bond acceptors (Lipinski definition) is 11. The Kier molecular flexibility index (Phi) is 26.9. The van der Waals surface area contributed by atoms with Crippen molar-refractivity contribution >= 4 is 41.7 Å². The minimum atomic E-state index is -1.42. The quantitative estimate of drug-likeness (QED) is 0.0316. The maximum Gasteiger partial charge on any atom is 0.317 e. The summed E-state index contributed by atoms with van der Waals surface area (Å²) >= 11 is 0. The van der Waals surface area contributed by atoms with Crippen LogP contribution in [0.5, 0.6) is 0 Å². The number of aliphatic carboxylic acids is 5. The number of nitrogens with zero attached hydrogens (tertiary/aromatic N) is 4. The highest BCUT2D eigenvalue weighted by atomic mass is 16.4. The van der Waals surface area contributed by atoms with Gasteiger partial charge < -0.3 is 25.5 Å². The predicted octanol–water partition coefficient (Wildman–Crippen LogP) is 2.78. The zero-order chi connectivity index (χ0) is 38.6. The molecule has 0 aliphatic heterocycles. The number of rotatable bonds is 34. The van der Waals surface area contributed by atoms with Crippen LogP contribution >= 0.6 is 0 Å². The number of hydrogen-bond donors (Lipinski definition) is 6. The molecule has 0 aromatic carbocycles. The zero-order valence-corrected chi connectivity index (χ0v) is 30.4. The van der Waals surface area contributed by atoms with Crippen molar-refractivity contribution in [1.82, 2.24) is 25.1 Å². The molecule has 6 N–H and O–H groups in total. The largest absolute Gasteiger partial charge is 0.480 e. The highest BCUT2D eigenvalue weighted by Crippen LogP contribution is 2.13. The maximum atomic E-state index is 13.6. The monoisotopic (exact) mass is 731 g/mol. The lowest BCUT2D eigenvalue weighted by Gasteiger charge is -2.37. The topological polar surface area (TPSA) is 246 Å². The molecular weight excluding hydrogens is 670 g/mol. The van der Waals surface area contributed by atoms with E-state index in [1.807, 2.05) is 0 Å². The van der Waals surface area contributed by atoms with E-state index < -0.39 is 87.1 Å². The van der Waals surface area contributed by atoms with E-state index in [1.165, 1.54) is 4.90 Å². The summed E-state index contributed by atoms with van der Waals surface area (Å²) < 4.78 is 0. The minimum Gasteiger partial charge on any atom is -0.480 e. The lowest BCUT2D eigenvalue weighted by atomic mass is 10.1. The summed E-state index contributed by atoms with van der Waals surface area (Å²) in [7, 11) is 0. The molecule has 0 aliphatic rings. The van der Waals surface area contributed by atoms with Crippen LogP contribution in [0, 0.1) is 0 Å². The molecule has 0 fully saturated rings. The lowest BCUT2D eigenvalue weighted by Crippen LogP contribution is -2.62. The number of imide groups is 1. The van der Waals surface area contributed by atoms with Crippen molar-refractivity contribution in [2.75, 3.05) is 52.4 Å². The van der Waals surface area contributed by atoms with E-state index in [-0.39, 0.29) is 25.9 Å². The molecule has 1 atom stereocenters. The second kappa shape index (κ2) is 29.0. The van der Waals surface area contributed by atoms with Gasteiger partial charge in [-0.05, 0) is 12.8 Å². The van der Waals surface area contributed by atoms with Crippen LogP contribution in [0.1, 0.15) is 117 Å². The number of carboxylic acids is 5. The smallest absolute Gasteiger partial charge is 0.317 e. The van der Waals surface area contributed by atoms with Gasteiger partial charge in [0.05, 0.1) is 38.9 Å². The SMILES string of the molecule is CCCCCCCCCC(=O)N(NC(CN(CCN(CC(=O)O)CC(=O)O)CC(=O)O)N(CC(=O)O)CC(=O)O)C(=O)CCCCCCCCC. The normalized spacial score (nSPS) is 11.9. The van der Waals surface area contributed by atoms with E-state index in [1.54, 1.807) is 0 Å². The van der Waals surface area contributed by atoms with Gasteiger partial charge in [0, 0.05) is 32.5 Å². The van der Waals surface area contributed by atoms with E-state index >= 15 is 0 Å². The van der Waals surface area contributed by atoms with Crippen LogP contribution in [0.3, 0.4) is 0 Å². The third kappa shape index (κ3) is 25.9. The standard InChI is InChI=1S/C34H61N5O12/c1-3-5-7-9-11-13-15-17-28(40)39(29(41)18-16-14-12-10-8-6-4-2)35-27(38(25-33(48)49)26-34(50)51)21-36(22-30(42)43)19-20-37(23-31(44)45)24-32(46)47/h27,35H,3-26H2,1-2H3,(H,42,43)(H,44,45)(H,46,47)(H,48,49)(H,50,51). The van der Waals surface area contributed by atoms with Crippen LogP contribution in [0.4, 0.5) is 0 Å². The zero-order valence-electron chi connectivity index (χ0n) is 30.4. The van der Waals surface area contributed by atoms with Crippen molar-refractivity contribution in [3.8, 4) is 0 Å². The molecule has 0 saturated heterocycles. The fourth-order valence-electron chi connectivity index (χ4n) is 5.53. The summed E-state index contributed by atoms with van der Waals surface area (Å²) in [5.41, 5.74) is 2.75. The van der Waals surface area contributed by atoms with Crippen molar-refractivity contribution in [3.63, 3.8) is 0 Å². The maximum absolute atomic E-state index is 13.6. The molecule has 0 saturated carbocycles. The number of amides is 2. The third-order valence-electron chi connectivity index (χ3n) is 8.12. The van der Waals surface area contributed by atoms with Crippen molar-refractivity contribution in [2.24, 2.45) is 0 Å². The van der Waals surface area contributed by atoms with Crippen LogP contribution in [0.15, 0.2) is 0 Å². The van der Waals surface area contributed by atoms with Crippen LogP contribution in [0.2, 0.25) is 0 Å². The average molecular weight is 732 g/mol. The second-order valence-corrected chi connectivity index (χ2v) is 12.8. The Morgan fingerprint density at radius 1 is 0.471 bits per heavy atom. The molecule has 0 radical (unpaired) electrons. The first kappa shape index (κ1) is 47.3. The Morgan fingerprint density at radius 3 is 1.18 bits per heavy atom. The summed E-state index contributed by atoms with van der Waals surface area (Å²) in [4.78, 5) is 88.5. The summed E-state index contributed by atoms with van der Waals surface area (Å²) in [5.74, 6) is -7.98. The Hall–Kier alpha value is -3.67. The summed E-state index contributed by atoms with van der Waals surface area (Å²) in [5, 5.41) is 48.1. The molecule has 51 heavy (non-hydrogen) atoms. The molecule has 17 heteroatoms. The van der Waals surface area contributed by atoms with Crippen LogP contribution in [-0.4, -0.2) is 145 Å². The first-order chi connectivity index (χ1) is 24.2. The number of unbranched alkanes of at least 4 members (excludes halogenated alkanes) is 12. The van der Waals surface area contributed by atoms with Crippen molar-refractivity contribution < 1.29 is 59.1 Å². The van der Waals surface area contributed by atoms with Crippen molar-refractivity contribution in [2.45, 2.75) is 123 Å². The second-order valence-electron chi connectivity index (χ2n) is 12.8. The van der Waals surface area contributed by atoms with Gasteiger partial charge in [-0.3, -0.25) is 48.3 Å². The molecule has 294 valence electrons. The van der Waals surface area contributed by atoms with E-state index in [0.717, 1.165) is 91.9 Å². The summed E-state index contributed by atoms with van der Waals surface area (Å²) in [6.07, 6.45) is 11.5. The number of carboxylic acid groups (broad SMARTS) is 5. The average Bonchev–Trinajstić information content (AvgIpc) is 3.02. The summed E-state index contributed by atoms with van der Waals surface area (Å²) in [6.45, 7) is -0.350. The molecule has 0 rings (SSSR count). The molecular formula is C34H61N5O12. The van der Waals surface area contributed by atoms with Gasteiger partial charge in [-0.25, -0.2) is 10.4 Å². The van der Waals surface area contributed by atoms with Gasteiger partial charge in [0.1, 0.15) is 0 Å². The fraction of sp³-hybridized carbons (Fsp3) is 0.794. The number of nitrogens with one attached hydrogen (secondary N) is 1. The first-order valence-electron chi connectivity index (χ1n) is 18.1. The molecule has 0 aromatic heterocycles. The van der Waals surface area contributed by atoms with Crippen LogP contribution < -0.4 is 5.43 Å². The van der Waals surface area contributed by atoms with Gasteiger partial charge in [0.15, 0.2) is 0 Å². The molecule has 1 unspecified atom stereocenters. The fourth-order valence-corrected chi connectivity index (χ4v) is 5.53. The van der Waals surface area contributed by atoms with Crippen LogP contribution in [-0.2, 0) is 33.6 Å². The first-order valence-corrected chi connectivity index (χ1v) is 18.1. The predicted molar refractivity (Wildman–Crippen MR) is 187 cm³/mol. The highest BCUT2D eigenvalue weighted by molar-refractivity contribution is 5.94. The molecule has 2 amide bonds. The molecule has 0 aliphatic carbocycles. The third-order valence-corrected chi connectivity index (χ3v) is 8.12. The molecule has 0 spiro atoms. The van der Waals surface area contributed by atoms with Gasteiger partial charge in [-0.15, -0.1) is 0 Å². The van der Waals surface area contributed by atoms with Gasteiger partial charge in [-0.2, -0.15) is 0 Å². The van der Waals surface area contributed by atoms with Gasteiger partial charge in [0.25, 0.3) is 0 Å². The number of carbonyl (C=O) groups is 7. The van der Waals surface area contributed by atoms with E-state index in [0.29, 0.717) is 12.8 Å². The van der Waals surface area contributed by atoms with E-state index in [4.69, 9.17) is 0 Å². The minimum absolute atomic E-state index is 0.00765. The van der Waals surface area contributed by atoms with Crippen LogP contribution in [0.25, 0.3) is 0 Å². The Bertz CT molecular complexity index is 1010. The number of carbonyl (C=O) groups excluding carboxylic acids is 2. The molecule has 17 nitrogen and oxygen atoms in total. The Balaban J connectivity index is 6.33. The van der Waals surface area contributed by atoms with E-state index in [9.17, 15) is 59.1 Å². The van der Waals surface area contributed by atoms with Gasteiger partial charge in [-0.1, -0.05) is 90.9 Å². The molecule has 0 aromatic rings. The Labute approximate surface area is 300 Å². The van der Waals surface area contributed by atoms with E-state index in [2.05, 4.69) is 19.3 Å². The summed E-state index contributed by atoms with van der Waals surface area (Å²) in [6, 6.07) is 0. The molecule has 0 bridgehead atoms. The van der Waals surface area contributed by atoms with Crippen molar-refractivity contribution in [3.05, 3.63) is 0 Å². The Morgan fingerprint density at radius 2 is 0.804 bits per heavy atom. The van der Waals surface area contributed by atoms with Gasteiger partial charge in [0.2, 0.25) is 11.8 Å². The lowest BCUT2D eigenvalue weighted by molar-refractivity contribution is -0.154. The molecule has 0 heterocycles. The van der Waals surface area contributed by atoms with Gasteiger partial charge >= 0.3 is 29.8 Å². The highest BCUT2D eigenvalue weighted by Gasteiger charge is 2.32.